The quantitative estimate of drug-likeness (QED) is 0.369. The summed E-state index contributed by atoms with van der Waals surface area (Å²) in [4.78, 5) is 14.0. The van der Waals surface area contributed by atoms with E-state index in [0.717, 1.165) is 0 Å². The molecule has 1 saturated heterocycles. The molecule has 0 bridgehead atoms. The molecule has 1 aromatic carbocycles. The molecule has 1 aliphatic rings. The van der Waals surface area contributed by atoms with Gasteiger partial charge in [0.25, 0.3) is 5.91 Å². The molecule has 0 spiro atoms. The Morgan fingerprint density at radius 1 is 1.43 bits per heavy atom. The largest absolute Gasteiger partial charge is 0.409 e. The van der Waals surface area contributed by atoms with Crippen molar-refractivity contribution in [3.8, 4) is 0 Å². The molecule has 1 heterocycles. The lowest BCUT2D eigenvalue weighted by Crippen LogP contribution is -2.47. The van der Waals surface area contributed by atoms with Crippen LogP contribution in [-0.4, -0.2) is 34.9 Å². The van der Waals surface area contributed by atoms with E-state index < -0.39 is 11.2 Å². The number of amidine groups is 1. The first-order valence-electron chi connectivity index (χ1n) is 6.59. The third-order valence-corrected chi connectivity index (χ3v) is 4.45. The smallest absolute Gasteiger partial charge is 0.253 e. The molecule has 3 N–H and O–H groups in total. The van der Waals surface area contributed by atoms with Crippen LogP contribution < -0.4 is 5.73 Å². The fourth-order valence-electron chi connectivity index (χ4n) is 2.44. The van der Waals surface area contributed by atoms with Gasteiger partial charge in [-0.05, 0) is 31.0 Å². The monoisotopic (exact) mass is 357 g/mol. The molecular weight excluding hydrogens is 341 g/mol. The Labute approximate surface area is 130 Å². The summed E-state index contributed by atoms with van der Waals surface area (Å²) in [5, 5.41) is 11.9. The summed E-state index contributed by atoms with van der Waals surface area (Å²) in [6.07, 6.45) is 1.20. The Morgan fingerprint density at radius 2 is 2.05 bits per heavy atom. The molecule has 0 unspecified atom stereocenters. The Morgan fingerprint density at radius 3 is 2.57 bits per heavy atom. The fourth-order valence-corrected chi connectivity index (χ4v) is 2.91. The van der Waals surface area contributed by atoms with Gasteiger partial charge in [0.15, 0.2) is 0 Å². The molecule has 0 saturated carbocycles. The maximum absolute atomic E-state index is 13.4. The second kappa shape index (κ2) is 6.01. The fraction of sp³-hybridized carbons (Fsp3) is 0.429. The van der Waals surface area contributed by atoms with E-state index >= 15 is 0 Å². The highest BCUT2D eigenvalue weighted by Crippen LogP contribution is 2.31. The Kier molecular flexibility index (Phi) is 4.51. The van der Waals surface area contributed by atoms with E-state index in [0.29, 0.717) is 36.0 Å². The van der Waals surface area contributed by atoms with Gasteiger partial charge in [-0.15, -0.1) is 0 Å². The zero-order chi connectivity index (χ0) is 15.6. The molecule has 0 radical (unpaired) electrons. The number of nitrogens with zero attached hydrogens (tertiary/aromatic N) is 2. The van der Waals surface area contributed by atoms with E-state index in [1.54, 1.807) is 11.0 Å². The van der Waals surface area contributed by atoms with Gasteiger partial charge in [0.05, 0.1) is 0 Å². The van der Waals surface area contributed by atoms with Crippen molar-refractivity contribution >= 4 is 27.7 Å². The van der Waals surface area contributed by atoms with Gasteiger partial charge in [-0.25, -0.2) is 4.39 Å². The molecule has 0 aromatic heterocycles. The van der Waals surface area contributed by atoms with Crippen molar-refractivity contribution in [3.63, 3.8) is 0 Å². The van der Waals surface area contributed by atoms with Crippen LogP contribution in [0.4, 0.5) is 4.39 Å². The molecular formula is C14H17BrFN3O2. The lowest BCUT2D eigenvalue weighted by atomic mass is 9.79. The number of rotatable bonds is 2. The number of piperidine rings is 1. The Balaban J connectivity index is 2.10. The lowest BCUT2D eigenvalue weighted by molar-refractivity contribution is 0.0666. The third-order valence-electron chi connectivity index (χ3n) is 3.99. The van der Waals surface area contributed by atoms with Crippen LogP contribution in [0, 0.1) is 11.2 Å². The highest BCUT2D eigenvalue weighted by molar-refractivity contribution is 9.10. The topological polar surface area (TPSA) is 78.9 Å². The predicted molar refractivity (Wildman–Crippen MR) is 80.8 cm³/mol. The van der Waals surface area contributed by atoms with Crippen molar-refractivity contribution in [2.75, 3.05) is 13.1 Å². The van der Waals surface area contributed by atoms with Crippen molar-refractivity contribution in [2.24, 2.45) is 16.3 Å². The average molecular weight is 358 g/mol. The van der Waals surface area contributed by atoms with Crippen molar-refractivity contribution in [2.45, 2.75) is 19.8 Å². The number of carbonyl (C=O) groups excluding carboxylic acids is 1. The highest BCUT2D eigenvalue weighted by atomic mass is 79.9. The van der Waals surface area contributed by atoms with E-state index in [-0.39, 0.29) is 11.7 Å². The summed E-state index contributed by atoms with van der Waals surface area (Å²) >= 11 is 3.18. The van der Waals surface area contributed by atoms with Gasteiger partial charge in [0, 0.05) is 28.5 Å². The molecule has 5 nitrogen and oxygen atoms in total. The maximum atomic E-state index is 13.4. The van der Waals surface area contributed by atoms with Crippen molar-refractivity contribution in [3.05, 3.63) is 34.1 Å². The van der Waals surface area contributed by atoms with Gasteiger partial charge in [-0.3, -0.25) is 4.79 Å². The number of halogens is 2. The molecule has 7 heteroatoms. The second-order valence-corrected chi connectivity index (χ2v) is 6.41. The highest BCUT2D eigenvalue weighted by Gasteiger charge is 2.35. The Hall–Kier alpha value is -1.63. The molecule has 21 heavy (non-hydrogen) atoms. The number of carbonyl (C=O) groups is 1. The number of oxime groups is 1. The van der Waals surface area contributed by atoms with E-state index in [1.165, 1.54) is 12.1 Å². The first kappa shape index (κ1) is 15.8. The van der Waals surface area contributed by atoms with Gasteiger partial charge >= 0.3 is 0 Å². The number of nitrogens with two attached hydrogens (primary N) is 1. The number of hydrogen-bond donors (Lipinski definition) is 2. The van der Waals surface area contributed by atoms with E-state index in [9.17, 15) is 9.18 Å². The summed E-state index contributed by atoms with van der Waals surface area (Å²) in [5.74, 6) is -0.480. The standard InChI is InChI=1S/C14H17BrFN3O2/c1-14(13(17)18-21)2-4-19(5-3-14)12(20)9-6-10(15)8-11(16)7-9/h6-8,21H,2-5H2,1H3,(H2,17,18). The molecule has 1 amide bonds. The third kappa shape index (κ3) is 3.34. The van der Waals surface area contributed by atoms with Crippen LogP contribution in [-0.2, 0) is 0 Å². The second-order valence-electron chi connectivity index (χ2n) is 5.50. The van der Waals surface area contributed by atoms with Gasteiger partial charge in [-0.1, -0.05) is 28.0 Å². The van der Waals surface area contributed by atoms with Crippen LogP contribution in [0.25, 0.3) is 0 Å². The summed E-state index contributed by atoms with van der Waals surface area (Å²) < 4.78 is 13.9. The molecule has 1 fully saturated rings. The van der Waals surface area contributed by atoms with Crippen molar-refractivity contribution in [1.82, 2.24) is 4.90 Å². The molecule has 0 atom stereocenters. The summed E-state index contributed by atoms with van der Waals surface area (Å²) in [6.45, 7) is 2.88. The van der Waals surface area contributed by atoms with Crippen LogP contribution >= 0.6 is 15.9 Å². The number of amides is 1. The Bertz CT molecular complexity index is 563. The minimum atomic E-state index is -0.453. The van der Waals surface area contributed by atoms with Crippen LogP contribution in [0.3, 0.4) is 0 Å². The zero-order valence-electron chi connectivity index (χ0n) is 11.6. The summed E-state index contributed by atoms with van der Waals surface area (Å²) in [7, 11) is 0. The van der Waals surface area contributed by atoms with Gasteiger partial charge < -0.3 is 15.8 Å². The molecule has 1 aromatic rings. The SMILES string of the molecule is CC1(/C(N)=N/O)CCN(C(=O)c2cc(F)cc(Br)c2)CC1. The first-order valence-corrected chi connectivity index (χ1v) is 7.38. The normalized spacial score (nSPS) is 18.6. The molecule has 2 rings (SSSR count). The molecule has 0 aliphatic carbocycles. The average Bonchev–Trinajstić information content (AvgIpc) is 2.45. The molecule has 114 valence electrons. The number of benzene rings is 1. The minimum absolute atomic E-state index is 0.183. The van der Waals surface area contributed by atoms with Crippen LogP contribution in [0.1, 0.15) is 30.1 Å². The number of hydrogen-bond acceptors (Lipinski definition) is 3. The summed E-state index contributed by atoms with van der Waals surface area (Å²) in [6, 6.07) is 4.13. The number of likely N-dealkylation sites (tertiary alicyclic amines) is 1. The van der Waals surface area contributed by atoms with Gasteiger partial charge in [0.1, 0.15) is 11.7 Å². The van der Waals surface area contributed by atoms with E-state index in [2.05, 4.69) is 21.1 Å². The molecule has 1 aliphatic heterocycles. The maximum Gasteiger partial charge on any atom is 0.253 e. The van der Waals surface area contributed by atoms with E-state index in [4.69, 9.17) is 10.9 Å². The van der Waals surface area contributed by atoms with E-state index in [1.807, 2.05) is 6.92 Å². The first-order chi connectivity index (χ1) is 9.85. The zero-order valence-corrected chi connectivity index (χ0v) is 13.2. The van der Waals surface area contributed by atoms with Gasteiger partial charge in [-0.2, -0.15) is 0 Å². The van der Waals surface area contributed by atoms with Crippen LogP contribution in [0.5, 0.6) is 0 Å². The predicted octanol–water partition coefficient (Wildman–Crippen LogP) is 2.58. The summed E-state index contributed by atoms with van der Waals surface area (Å²) in [5.41, 5.74) is 5.60. The van der Waals surface area contributed by atoms with Crippen LogP contribution in [0.15, 0.2) is 27.8 Å². The van der Waals surface area contributed by atoms with Gasteiger partial charge in [0.2, 0.25) is 0 Å². The van der Waals surface area contributed by atoms with Crippen molar-refractivity contribution in [1.29, 1.82) is 0 Å². The minimum Gasteiger partial charge on any atom is -0.409 e. The van der Waals surface area contributed by atoms with Crippen molar-refractivity contribution < 1.29 is 14.4 Å². The lowest BCUT2D eigenvalue weighted by Gasteiger charge is -2.38. The van der Waals surface area contributed by atoms with Crippen LogP contribution in [0.2, 0.25) is 0 Å².